The molecule has 2 aromatic carbocycles. The summed E-state index contributed by atoms with van der Waals surface area (Å²) in [5.41, 5.74) is 2.64. The van der Waals surface area contributed by atoms with Crippen molar-refractivity contribution in [2.45, 2.75) is 44.4 Å². The number of amides is 1. The summed E-state index contributed by atoms with van der Waals surface area (Å²) in [5.74, 6) is 1.16. The Hall–Kier alpha value is -3.26. The number of aromatic amines is 1. The van der Waals surface area contributed by atoms with Crippen LogP contribution in [-0.2, 0) is 6.54 Å². The van der Waals surface area contributed by atoms with Gasteiger partial charge in [0, 0.05) is 18.2 Å². The summed E-state index contributed by atoms with van der Waals surface area (Å²) in [4.78, 5) is 28.0. The fraction of sp³-hybridized carbons (Fsp3) is 0.364. The minimum atomic E-state index is -0.276. The number of hydrogen-bond donors (Lipinski definition) is 3. The Morgan fingerprint density at radius 1 is 1.10 bits per heavy atom. The van der Waals surface area contributed by atoms with Gasteiger partial charge in [0.2, 0.25) is 6.79 Å². The fourth-order valence-electron chi connectivity index (χ4n) is 4.29. The lowest BCUT2D eigenvalue weighted by molar-refractivity contribution is 0.0950. The molecular formula is C22H23N3O5. The number of imidazole rings is 1. The van der Waals surface area contributed by atoms with Gasteiger partial charge in [0.15, 0.2) is 11.5 Å². The molecule has 1 fully saturated rings. The van der Waals surface area contributed by atoms with Crippen LogP contribution in [0.2, 0.25) is 0 Å². The molecule has 2 heterocycles. The van der Waals surface area contributed by atoms with E-state index in [9.17, 15) is 14.7 Å². The van der Waals surface area contributed by atoms with Crippen molar-refractivity contribution in [3.05, 3.63) is 58.0 Å². The average Bonchev–Trinajstić information content (AvgIpc) is 3.35. The quantitative estimate of drug-likeness (QED) is 0.614. The molecule has 8 nitrogen and oxygen atoms in total. The predicted octanol–water partition coefficient (Wildman–Crippen LogP) is 2.46. The monoisotopic (exact) mass is 409 g/mol. The third-order valence-corrected chi connectivity index (χ3v) is 5.90. The van der Waals surface area contributed by atoms with Gasteiger partial charge in [-0.25, -0.2) is 4.79 Å². The Morgan fingerprint density at radius 3 is 2.73 bits per heavy atom. The molecule has 0 spiro atoms. The first-order valence-electron chi connectivity index (χ1n) is 10.2. The highest BCUT2D eigenvalue weighted by Crippen LogP contribution is 2.32. The van der Waals surface area contributed by atoms with Crippen molar-refractivity contribution in [3.63, 3.8) is 0 Å². The number of aliphatic hydroxyl groups excluding tert-OH is 1. The summed E-state index contributed by atoms with van der Waals surface area (Å²) >= 11 is 0. The van der Waals surface area contributed by atoms with E-state index in [1.807, 2.05) is 24.3 Å². The first-order valence-corrected chi connectivity index (χ1v) is 10.2. The van der Waals surface area contributed by atoms with Gasteiger partial charge in [-0.3, -0.25) is 9.36 Å². The molecule has 0 bridgehead atoms. The highest BCUT2D eigenvalue weighted by Gasteiger charge is 2.24. The number of fused-ring (bicyclic) bond motifs is 2. The summed E-state index contributed by atoms with van der Waals surface area (Å²) < 4.78 is 12.4. The largest absolute Gasteiger partial charge is 0.454 e. The van der Waals surface area contributed by atoms with E-state index >= 15 is 0 Å². The fourth-order valence-corrected chi connectivity index (χ4v) is 4.29. The molecule has 3 aromatic rings. The molecule has 1 aromatic heterocycles. The third-order valence-electron chi connectivity index (χ3n) is 5.90. The van der Waals surface area contributed by atoms with Crippen LogP contribution >= 0.6 is 0 Å². The molecule has 30 heavy (non-hydrogen) atoms. The maximum absolute atomic E-state index is 12.6. The summed E-state index contributed by atoms with van der Waals surface area (Å²) in [6, 6.07) is 10.9. The van der Waals surface area contributed by atoms with Gasteiger partial charge < -0.3 is 24.9 Å². The molecule has 0 saturated heterocycles. The van der Waals surface area contributed by atoms with Gasteiger partial charge in [0.25, 0.3) is 5.91 Å². The molecule has 2 aliphatic rings. The number of carbonyl (C=O) groups excluding carboxylic acids is 1. The zero-order chi connectivity index (χ0) is 20.7. The SMILES string of the molecule is O=C(NCc1ccc2c(c1)OCO2)c1ccc2c(c1)[nH]c(=O)n2C1CCC(O)CC1. The van der Waals surface area contributed by atoms with Gasteiger partial charge in [0.05, 0.1) is 17.1 Å². The average molecular weight is 409 g/mol. The first-order chi connectivity index (χ1) is 14.6. The topological polar surface area (TPSA) is 106 Å². The molecule has 1 amide bonds. The van der Waals surface area contributed by atoms with E-state index in [4.69, 9.17) is 9.47 Å². The van der Waals surface area contributed by atoms with Crippen LogP contribution in [0, 0.1) is 0 Å². The van der Waals surface area contributed by atoms with Crippen LogP contribution < -0.4 is 20.5 Å². The zero-order valence-corrected chi connectivity index (χ0v) is 16.4. The Kier molecular flexibility index (Phi) is 4.71. The van der Waals surface area contributed by atoms with E-state index in [1.54, 1.807) is 16.7 Å². The molecule has 0 radical (unpaired) electrons. The standard InChI is InChI=1S/C22H23N3O5/c26-16-5-3-15(4-6-16)25-18-7-2-14(10-17(18)24-22(25)28)21(27)23-11-13-1-8-19-20(9-13)30-12-29-19/h1-2,7-10,15-16,26H,3-6,11-12H2,(H,23,27)(H,24,28). The Bertz CT molecular complexity index is 1160. The second-order valence-corrected chi connectivity index (χ2v) is 7.86. The number of aliphatic hydroxyl groups is 1. The zero-order valence-electron chi connectivity index (χ0n) is 16.4. The molecule has 1 aliphatic heterocycles. The van der Waals surface area contributed by atoms with E-state index in [2.05, 4.69) is 10.3 Å². The van der Waals surface area contributed by atoms with Gasteiger partial charge in [0.1, 0.15) is 0 Å². The summed E-state index contributed by atoms with van der Waals surface area (Å²) in [7, 11) is 0. The molecule has 0 atom stereocenters. The minimum absolute atomic E-state index is 0.0698. The number of nitrogens with one attached hydrogen (secondary N) is 2. The van der Waals surface area contributed by atoms with Crippen LogP contribution in [0.25, 0.3) is 11.0 Å². The van der Waals surface area contributed by atoms with E-state index in [1.165, 1.54) is 0 Å². The van der Waals surface area contributed by atoms with E-state index in [0.717, 1.165) is 23.9 Å². The first kappa shape index (κ1) is 18.7. The highest BCUT2D eigenvalue weighted by atomic mass is 16.7. The molecule has 1 aliphatic carbocycles. The van der Waals surface area contributed by atoms with Crippen LogP contribution in [0.1, 0.15) is 47.6 Å². The summed E-state index contributed by atoms with van der Waals surface area (Å²) in [6.45, 7) is 0.569. The third kappa shape index (κ3) is 3.43. The molecule has 5 rings (SSSR count). The number of H-pyrrole nitrogens is 1. The number of ether oxygens (including phenoxy) is 2. The van der Waals surface area contributed by atoms with Gasteiger partial charge in [-0.15, -0.1) is 0 Å². The van der Waals surface area contributed by atoms with Crippen LogP contribution in [-0.4, -0.2) is 33.5 Å². The molecule has 3 N–H and O–H groups in total. The smallest absolute Gasteiger partial charge is 0.326 e. The second-order valence-electron chi connectivity index (χ2n) is 7.86. The summed E-state index contributed by atoms with van der Waals surface area (Å²) in [6.07, 6.45) is 2.66. The van der Waals surface area contributed by atoms with Crippen molar-refractivity contribution < 1.29 is 19.4 Å². The van der Waals surface area contributed by atoms with Crippen LogP contribution in [0.3, 0.4) is 0 Å². The van der Waals surface area contributed by atoms with Crippen molar-refractivity contribution in [1.82, 2.24) is 14.9 Å². The van der Waals surface area contributed by atoms with Gasteiger partial charge in [-0.2, -0.15) is 0 Å². The highest BCUT2D eigenvalue weighted by molar-refractivity contribution is 5.97. The second kappa shape index (κ2) is 7.53. The van der Waals surface area contributed by atoms with E-state index < -0.39 is 0 Å². The molecule has 8 heteroatoms. The van der Waals surface area contributed by atoms with Crippen molar-refractivity contribution in [2.24, 2.45) is 0 Å². The predicted molar refractivity (Wildman–Crippen MR) is 110 cm³/mol. The lowest BCUT2D eigenvalue weighted by Crippen LogP contribution is -2.27. The lowest BCUT2D eigenvalue weighted by atomic mass is 9.93. The van der Waals surface area contributed by atoms with Crippen molar-refractivity contribution in [1.29, 1.82) is 0 Å². The summed E-state index contributed by atoms with van der Waals surface area (Å²) in [5, 5.41) is 12.6. The number of nitrogens with zero attached hydrogens (tertiary/aromatic N) is 1. The maximum atomic E-state index is 12.6. The molecular weight excluding hydrogens is 386 g/mol. The van der Waals surface area contributed by atoms with Crippen molar-refractivity contribution >= 4 is 16.9 Å². The van der Waals surface area contributed by atoms with E-state index in [-0.39, 0.29) is 30.5 Å². The number of aromatic nitrogens is 2. The Morgan fingerprint density at radius 2 is 1.90 bits per heavy atom. The van der Waals surface area contributed by atoms with E-state index in [0.29, 0.717) is 42.0 Å². The van der Waals surface area contributed by atoms with Gasteiger partial charge >= 0.3 is 5.69 Å². The minimum Gasteiger partial charge on any atom is -0.454 e. The van der Waals surface area contributed by atoms with Crippen LogP contribution in [0.15, 0.2) is 41.2 Å². The number of carbonyl (C=O) groups is 1. The van der Waals surface area contributed by atoms with Gasteiger partial charge in [-0.05, 0) is 61.6 Å². The number of rotatable bonds is 4. The Balaban J connectivity index is 1.32. The van der Waals surface area contributed by atoms with Gasteiger partial charge in [-0.1, -0.05) is 6.07 Å². The Labute approximate surface area is 172 Å². The number of hydrogen-bond acceptors (Lipinski definition) is 5. The normalized spacial score (nSPS) is 20.4. The van der Waals surface area contributed by atoms with Crippen LogP contribution in [0.4, 0.5) is 0 Å². The molecule has 1 saturated carbocycles. The van der Waals surface area contributed by atoms with Crippen LogP contribution in [0.5, 0.6) is 11.5 Å². The molecule has 0 unspecified atom stereocenters. The van der Waals surface area contributed by atoms with Crippen molar-refractivity contribution in [3.8, 4) is 11.5 Å². The lowest BCUT2D eigenvalue weighted by Gasteiger charge is -2.26. The molecule has 156 valence electrons. The van der Waals surface area contributed by atoms with Crippen molar-refractivity contribution in [2.75, 3.05) is 6.79 Å². The number of benzene rings is 2. The maximum Gasteiger partial charge on any atom is 0.326 e.